The van der Waals surface area contributed by atoms with E-state index in [9.17, 15) is 5.11 Å². The predicted octanol–water partition coefficient (Wildman–Crippen LogP) is 3.08. The summed E-state index contributed by atoms with van der Waals surface area (Å²) in [5.74, 6) is 1.30. The lowest BCUT2D eigenvalue weighted by Gasteiger charge is -2.37. The Morgan fingerprint density at radius 2 is 1.58 bits per heavy atom. The van der Waals surface area contributed by atoms with Crippen LogP contribution < -0.4 is 0 Å². The van der Waals surface area contributed by atoms with Gasteiger partial charge in [-0.3, -0.25) is 0 Å². The van der Waals surface area contributed by atoms with Crippen molar-refractivity contribution in [2.24, 2.45) is 17.8 Å². The Hall–Kier alpha value is -0.0400. The predicted molar refractivity (Wildman–Crippen MR) is 54.1 cm³/mol. The van der Waals surface area contributed by atoms with Crippen LogP contribution in [0.3, 0.4) is 0 Å². The molecule has 1 N–H and O–H groups in total. The molecule has 0 fully saturated rings. The van der Waals surface area contributed by atoms with Gasteiger partial charge >= 0.3 is 0 Å². The fourth-order valence-corrected chi connectivity index (χ4v) is 1.54. The van der Waals surface area contributed by atoms with Gasteiger partial charge in [-0.1, -0.05) is 41.0 Å². The second-order valence-electron chi connectivity index (χ2n) is 4.57. The molecule has 12 heavy (non-hydrogen) atoms. The van der Waals surface area contributed by atoms with E-state index in [4.69, 9.17) is 0 Å². The average molecular weight is 172 g/mol. The Morgan fingerprint density at radius 3 is 1.83 bits per heavy atom. The fourth-order valence-electron chi connectivity index (χ4n) is 1.54. The summed E-state index contributed by atoms with van der Waals surface area (Å²) in [6.45, 7) is 12.7. The summed E-state index contributed by atoms with van der Waals surface area (Å²) in [6.07, 6.45) is 1.05. The minimum Gasteiger partial charge on any atom is -0.390 e. The molecule has 3 atom stereocenters. The van der Waals surface area contributed by atoms with E-state index >= 15 is 0 Å². The van der Waals surface area contributed by atoms with E-state index in [1.165, 1.54) is 0 Å². The maximum Gasteiger partial charge on any atom is 0.0672 e. The maximum atomic E-state index is 10.2. The quantitative estimate of drug-likeness (QED) is 0.691. The summed E-state index contributed by atoms with van der Waals surface area (Å²) in [6, 6.07) is 0. The first kappa shape index (κ1) is 12.0. The van der Waals surface area contributed by atoms with Gasteiger partial charge in [-0.25, -0.2) is 0 Å². The molecular weight excluding hydrogens is 148 g/mol. The van der Waals surface area contributed by atoms with Gasteiger partial charge in [0.15, 0.2) is 0 Å². The molecule has 0 aliphatic rings. The molecule has 0 rings (SSSR count). The zero-order chi connectivity index (χ0) is 9.94. The molecule has 0 aliphatic heterocycles. The smallest absolute Gasteiger partial charge is 0.0672 e. The Kier molecular flexibility index (Phi) is 4.25. The Bertz CT molecular complexity index is 127. The van der Waals surface area contributed by atoms with Gasteiger partial charge in [-0.2, -0.15) is 0 Å². The molecule has 0 bridgehead atoms. The third-order valence-corrected chi connectivity index (χ3v) is 3.53. The van der Waals surface area contributed by atoms with Gasteiger partial charge in [0.1, 0.15) is 0 Å². The van der Waals surface area contributed by atoms with E-state index in [-0.39, 0.29) is 0 Å². The molecule has 1 nitrogen and oxygen atoms in total. The van der Waals surface area contributed by atoms with Crippen molar-refractivity contribution in [1.82, 2.24) is 0 Å². The van der Waals surface area contributed by atoms with Crippen LogP contribution in [0, 0.1) is 17.8 Å². The van der Waals surface area contributed by atoms with E-state index in [0.717, 1.165) is 6.42 Å². The van der Waals surface area contributed by atoms with Crippen LogP contribution in [0.1, 0.15) is 48.0 Å². The van der Waals surface area contributed by atoms with Crippen molar-refractivity contribution in [1.29, 1.82) is 0 Å². The van der Waals surface area contributed by atoms with Crippen molar-refractivity contribution in [3.63, 3.8) is 0 Å². The van der Waals surface area contributed by atoms with Crippen LogP contribution in [0.25, 0.3) is 0 Å². The Labute approximate surface area is 77.2 Å². The highest BCUT2D eigenvalue weighted by molar-refractivity contribution is 4.85. The lowest BCUT2D eigenvalue weighted by molar-refractivity contribution is -0.0581. The molecule has 0 radical (unpaired) electrons. The second-order valence-corrected chi connectivity index (χ2v) is 4.57. The first-order valence-electron chi connectivity index (χ1n) is 5.06. The van der Waals surface area contributed by atoms with E-state index < -0.39 is 5.60 Å². The lowest BCUT2D eigenvalue weighted by Crippen LogP contribution is -2.41. The number of hydrogen-bond acceptors (Lipinski definition) is 1. The number of aliphatic hydroxyl groups is 1. The maximum absolute atomic E-state index is 10.2. The van der Waals surface area contributed by atoms with Crippen molar-refractivity contribution in [3.8, 4) is 0 Å². The van der Waals surface area contributed by atoms with Crippen LogP contribution in [0.15, 0.2) is 0 Å². The Morgan fingerprint density at radius 1 is 1.17 bits per heavy atom. The zero-order valence-corrected chi connectivity index (χ0v) is 9.39. The fraction of sp³-hybridized carbons (Fsp3) is 1.00. The van der Waals surface area contributed by atoms with Gasteiger partial charge in [0.05, 0.1) is 5.60 Å². The summed E-state index contributed by atoms with van der Waals surface area (Å²) < 4.78 is 0. The van der Waals surface area contributed by atoms with Crippen molar-refractivity contribution < 1.29 is 5.11 Å². The minimum atomic E-state index is -0.511. The van der Waals surface area contributed by atoms with Gasteiger partial charge in [-0.15, -0.1) is 0 Å². The molecular formula is C11H24O. The zero-order valence-electron chi connectivity index (χ0n) is 9.39. The summed E-state index contributed by atoms with van der Waals surface area (Å²) in [5.41, 5.74) is -0.511. The standard InChI is InChI=1S/C11H24O/c1-7-9(4)11(6,12)10(5)8(2)3/h8-10,12H,7H2,1-6H3. The third-order valence-electron chi connectivity index (χ3n) is 3.53. The topological polar surface area (TPSA) is 20.2 Å². The molecule has 0 amide bonds. The van der Waals surface area contributed by atoms with Crippen LogP contribution in [0.5, 0.6) is 0 Å². The van der Waals surface area contributed by atoms with Crippen LogP contribution >= 0.6 is 0 Å². The van der Waals surface area contributed by atoms with Gasteiger partial charge in [0.25, 0.3) is 0 Å². The van der Waals surface area contributed by atoms with Crippen LogP contribution in [0.2, 0.25) is 0 Å². The molecule has 0 saturated heterocycles. The van der Waals surface area contributed by atoms with Crippen LogP contribution in [-0.4, -0.2) is 10.7 Å². The van der Waals surface area contributed by atoms with Crippen molar-refractivity contribution >= 4 is 0 Å². The lowest BCUT2D eigenvalue weighted by atomic mass is 9.74. The average Bonchev–Trinajstić information content (AvgIpc) is 2.01. The molecule has 0 aromatic rings. The highest BCUT2D eigenvalue weighted by Crippen LogP contribution is 2.32. The van der Waals surface area contributed by atoms with Crippen molar-refractivity contribution in [3.05, 3.63) is 0 Å². The van der Waals surface area contributed by atoms with Gasteiger partial charge in [-0.05, 0) is 24.7 Å². The van der Waals surface area contributed by atoms with Crippen molar-refractivity contribution in [2.45, 2.75) is 53.6 Å². The summed E-state index contributed by atoms with van der Waals surface area (Å²) in [4.78, 5) is 0. The summed E-state index contributed by atoms with van der Waals surface area (Å²) in [7, 11) is 0. The van der Waals surface area contributed by atoms with Crippen LogP contribution in [-0.2, 0) is 0 Å². The van der Waals surface area contributed by atoms with E-state index in [1.54, 1.807) is 0 Å². The molecule has 0 saturated carbocycles. The monoisotopic (exact) mass is 172 g/mol. The molecule has 1 heteroatoms. The first-order valence-corrected chi connectivity index (χ1v) is 5.06. The largest absolute Gasteiger partial charge is 0.390 e. The molecule has 0 aromatic carbocycles. The van der Waals surface area contributed by atoms with Gasteiger partial charge < -0.3 is 5.11 Å². The molecule has 74 valence electrons. The molecule has 0 aliphatic carbocycles. The van der Waals surface area contributed by atoms with Gasteiger partial charge in [0, 0.05) is 0 Å². The summed E-state index contributed by atoms with van der Waals surface area (Å²) in [5, 5.41) is 10.2. The van der Waals surface area contributed by atoms with Crippen molar-refractivity contribution in [2.75, 3.05) is 0 Å². The highest BCUT2D eigenvalue weighted by Gasteiger charge is 2.34. The van der Waals surface area contributed by atoms with Crippen LogP contribution in [0.4, 0.5) is 0 Å². The number of hydrogen-bond donors (Lipinski definition) is 1. The highest BCUT2D eigenvalue weighted by atomic mass is 16.3. The minimum absolute atomic E-state index is 0.368. The SMILES string of the molecule is CCC(C)C(C)(O)C(C)C(C)C. The van der Waals surface area contributed by atoms with E-state index in [1.807, 2.05) is 6.92 Å². The molecule has 0 spiro atoms. The van der Waals surface area contributed by atoms with E-state index in [0.29, 0.717) is 17.8 Å². The normalized spacial score (nSPS) is 22.0. The molecule has 0 heterocycles. The third kappa shape index (κ3) is 2.48. The molecule has 0 aromatic heterocycles. The number of rotatable bonds is 4. The first-order chi connectivity index (χ1) is 5.34. The second kappa shape index (κ2) is 4.27. The Balaban J connectivity index is 4.37. The summed E-state index contributed by atoms with van der Waals surface area (Å²) >= 11 is 0. The van der Waals surface area contributed by atoms with Gasteiger partial charge in [0.2, 0.25) is 0 Å². The van der Waals surface area contributed by atoms with E-state index in [2.05, 4.69) is 34.6 Å². The molecule has 3 unspecified atom stereocenters.